The summed E-state index contributed by atoms with van der Waals surface area (Å²) in [6.45, 7) is 10.5. The smallest absolute Gasteiger partial charge is 0.148 e. The van der Waals surface area contributed by atoms with Gasteiger partial charge in [-0.05, 0) is 121 Å². The number of hydrogen-bond donors (Lipinski definition) is 0. The molecule has 0 amide bonds. The van der Waals surface area contributed by atoms with Crippen molar-refractivity contribution in [1.82, 2.24) is 20.2 Å². The second-order valence-corrected chi connectivity index (χ2v) is 12.0. The van der Waals surface area contributed by atoms with E-state index in [-0.39, 0.29) is 0 Å². The highest BCUT2D eigenvalue weighted by atomic mass is 15.5. The van der Waals surface area contributed by atoms with Crippen LogP contribution in [0.1, 0.15) is 97.2 Å². The molecule has 1 aromatic heterocycles. The summed E-state index contributed by atoms with van der Waals surface area (Å²) >= 11 is 0. The molecule has 4 nitrogen and oxygen atoms in total. The van der Waals surface area contributed by atoms with Crippen molar-refractivity contribution < 1.29 is 0 Å². The lowest BCUT2D eigenvalue weighted by atomic mass is 9.48. The van der Waals surface area contributed by atoms with E-state index in [4.69, 9.17) is 0 Å². The minimum Gasteiger partial charge on any atom is -0.230 e. The summed E-state index contributed by atoms with van der Waals surface area (Å²) in [6.07, 6.45) is 16.5. The van der Waals surface area contributed by atoms with Gasteiger partial charge < -0.3 is 0 Å². The lowest BCUT2D eigenvalue weighted by Gasteiger charge is -2.57. The minimum atomic E-state index is 0.550. The Hall–Kier alpha value is -0.930. The van der Waals surface area contributed by atoms with Crippen LogP contribution < -0.4 is 0 Å². The van der Waals surface area contributed by atoms with E-state index >= 15 is 0 Å². The average Bonchev–Trinajstić information content (AvgIpc) is 3.30. The number of hydrogen-bond acceptors (Lipinski definition) is 3. The van der Waals surface area contributed by atoms with Crippen LogP contribution in [0, 0.1) is 59.7 Å². The van der Waals surface area contributed by atoms with Gasteiger partial charge in [0.05, 0.1) is 0 Å². The molecule has 0 bridgehead atoms. The lowest BCUT2D eigenvalue weighted by molar-refractivity contribution is -0.0749. The summed E-state index contributed by atoms with van der Waals surface area (Å²) < 4.78 is 2.03. The number of tetrazole rings is 1. The molecule has 1 heterocycles. The molecule has 9 atom stereocenters. The van der Waals surface area contributed by atoms with Gasteiger partial charge in [0.2, 0.25) is 0 Å². The quantitative estimate of drug-likeness (QED) is 0.570. The lowest BCUT2D eigenvalue weighted by Crippen LogP contribution is -2.49. The van der Waals surface area contributed by atoms with Gasteiger partial charge in [-0.25, -0.2) is 4.68 Å². The van der Waals surface area contributed by atoms with Gasteiger partial charge >= 0.3 is 0 Å². The first kappa shape index (κ1) is 20.9. The molecule has 0 saturated heterocycles. The van der Waals surface area contributed by atoms with Crippen molar-refractivity contribution in [3.63, 3.8) is 0 Å². The van der Waals surface area contributed by atoms with Gasteiger partial charge in [0.25, 0.3) is 0 Å². The van der Waals surface area contributed by atoms with Gasteiger partial charge in [-0.2, -0.15) is 0 Å². The maximum absolute atomic E-state index is 4.24. The summed E-state index contributed by atoms with van der Waals surface area (Å²) in [5.41, 5.74) is 0.550. The Morgan fingerprint density at radius 2 is 1.87 bits per heavy atom. The third kappa shape index (κ3) is 3.45. The molecule has 0 aromatic carbocycles. The van der Waals surface area contributed by atoms with Crippen molar-refractivity contribution in [2.45, 2.75) is 105 Å². The van der Waals surface area contributed by atoms with Crippen LogP contribution in [0.4, 0.5) is 0 Å². The molecular formula is C26H44N4. The molecule has 0 spiro atoms. The maximum Gasteiger partial charge on any atom is 0.148 e. The van der Waals surface area contributed by atoms with E-state index < -0.39 is 0 Å². The van der Waals surface area contributed by atoms with Gasteiger partial charge in [0, 0.05) is 6.54 Å². The van der Waals surface area contributed by atoms with E-state index in [1.807, 2.05) is 11.6 Å². The number of nitrogens with zero attached hydrogens (tertiary/aromatic N) is 4. The van der Waals surface area contributed by atoms with Gasteiger partial charge in [0.1, 0.15) is 5.82 Å². The van der Waals surface area contributed by atoms with Crippen molar-refractivity contribution in [1.29, 1.82) is 0 Å². The zero-order valence-electron chi connectivity index (χ0n) is 19.9. The average molecular weight is 413 g/mol. The van der Waals surface area contributed by atoms with E-state index in [9.17, 15) is 0 Å². The van der Waals surface area contributed by atoms with Crippen LogP contribution in [-0.2, 0) is 6.54 Å². The molecule has 1 aromatic rings. The van der Waals surface area contributed by atoms with E-state index in [1.54, 1.807) is 19.3 Å². The molecule has 30 heavy (non-hydrogen) atoms. The van der Waals surface area contributed by atoms with Crippen LogP contribution in [0.15, 0.2) is 0 Å². The highest BCUT2D eigenvalue weighted by molar-refractivity contribution is 5.06. The molecule has 4 saturated carbocycles. The molecule has 0 N–H and O–H groups in total. The summed E-state index contributed by atoms with van der Waals surface area (Å²) in [5.74, 6) is 8.72. The predicted molar refractivity (Wildman–Crippen MR) is 121 cm³/mol. The van der Waals surface area contributed by atoms with Crippen molar-refractivity contribution in [3.8, 4) is 0 Å². The van der Waals surface area contributed by atoms with Gasteiger partial charge in [0.15, 0.2) is 0 Å². The van der Waals surface area contributed by atoms with Crippen molar-refractivity contribution in [3.05, 3.63) is 5.82 Å². The number of fused-ring (bicyclic) bond motifs is 5. The molecule has 168 valence electrons. The van der Waals surface area contributed by atoms with Crippen molar-refractivity contribution in [2.75, 3.05) is 0 Å². The van der Waals surface area contributed by atoms with E-state index in [0.29, 0.717) is 11.3 Å². The van der Waals surface area contributed by atoms with Gasteiger partial charge in [-0.1, -0.05) is 40.0 Å². The Balaban J connectivity index is 1.28. The number of aromatic nitrogens is 4. The molecule has 4 aliphatic carbocycles. The Bertz CT molecular complexity index is 728. The van der Waals surface area contributed by atoms with Crippen LogP contribution in [0.5, 0.6) is 0 Å². The third-order valence-corrected chi connectivity index (χ3v) is 10.7. The second-order valence-electron chi connectivity index (χ2n) is 12.0. The first-order valence-corrected chi connectivity index (χ1v) is 13.2. The van der Waals surface area contributed by atoms with E-state index in [0.717, 1.165) is 53.8 Å². The van der Waals surface area contributed by atoms with Gasteiger partial charge in [-0.15, -0.1) is 5.10 Å². The second kappa shape index (κ2) is 8.20. The van der Waals surface area contributed by atoms with Crippen LogP contribution in [0.3, 0.4) is 0 Å². The molecule has 4 aliphatic rings. The number of rotatable bonds is 5. The summed E-state index contributed by atoms with van der Waals surface area (Å²) in [4.78, 5) is 0. The van der Waals surface area contributed by atoms with E-state index in [1.165, 1.54) is 51.4 Å². The van der Waals surface area contributed by atoms with Crippen LogP contribution >= 0.6 is 0 Å². The molecule has 5 rings (SSSR count). The molecule has 0 aliphatic heterocycles. The fourth-order valence-electron chi connectivity index (χ4n) is 9.41. The standard InChI is InChI=1S/C26H44N4/c1-5-6-19-7-9-21-20(15-19)8-10-23-22(21)13-14-26(4)24(11-12-25(23)26)17(2)16-30-18(3)27-28-29-30/h17,19-25H,5-16H2,1-4H3/t17-,19+,20-,21+,22?,23-,24-,25?,26-/m1/s1. The molecule has 0 radical (unpaired) electrons. The maximum atomic E-state index is 4.24. The summed E-state index contributed by atoms with van der Waals surface area (Å²) in [7, 11) is 0. The SMILES string of the molecule is CCC[C@H]1CC[C@@H]2C3CC[C@@]4(C)C(CC[C@@H]4[C@H](C)Cn4nnnc4C)[C@@H]3CC[C@@H]2C1. The fourth-order valence-corrected chi connectivity index (χ4v) is 9.41. The number of aryl methyl sites for hydroxylation is 1. The Morgan fingerprint density at radius 3 is 2.63 bits per heavy atom. The molecule has 4 heteroatoms. The highest BCUT2D eigenvalue weighted by Gasteiger charge is 2.57. The fraction of sp³-hybridized carbons (Fsp3) is 0.962. The van der Waals surface area contributed by atoms with Crippen molar-refractivity contribution in [2.24, 2.45) is 52.8 Å². The molecule has 4 fully saturated rings. The van der Waals surface area contributed by atoms with Crippen LogP contribution in [-0.4, -0.2) is 20.2 Å². The summed E-state index contributed by atoms with van der Waals surface area (Å²) in [6, 6.07) is 0. The highest BCUT2D eigenvalue weighted by Crippen LogP contribution is 2.65. The molecule has 2 unspecified atom stereocenters. The minimum absolute atomic E-state index is 0.550. The van der Waals surface area contributed by atoms with Crippen LogP contribution in [0.25, 0.3) is 0 Å². The third-order valence-electron chi connectivity index (χ3n) is 10.7. The first-order chi connectivity index (χ1) is 14.5. The Morgan fingerprint density at radius 1 is 1.03 bits per heavy atom. The largest absolute Gasteiger partial charge is 0.230 e. The predicted octanol–water partition coefficient (Wildman–Crippen LogP) is 6.30. The van der Waals surface area contributed by atoms with Gasteiger partial charge in [-0.3, -0.25) is 0 Å². The Labute approximate surface area is 184 Å². The zero-order valence-corrected chi connectivity index (χ0v) is 19.9. The first-order valence-electron chi connectivity index (χ1n) is 13.2. The Kier molecular flexibility index (Phi) is 5.73. The van der Waals surface area contributed by atoms with Crippen LogP contribution in [0.2, 0.25) is 0 Å². The zero-order chi connectivity index (χ0) is 20.9. The monoisotopic (exact) mass is 412 g/mol. The van der Waals surface area contributed by atoms with E-state index in [2.05, 4.69) is 36.3 Å². The topological polar surface area (TPSA) is 43.6 Å². The van der Waals surface area contributed by atoms with Crippen molar-refractivity contribution >= 4 is 0 Å². The summed E-state index contributed by atoms with van der Waals surface area (Å²) in [5, 5.41) is 12.2. The molecular weight excluding hydrogens is 368 g/mol. The normalized spacial score (nSPS) is 44.2.